The fraction of sp³-hybridized carbons (Fsp3) is 0.115. The van der Waals surface area contributed by atoms with E-state index in [1.165, 1.54) is 11.3 Å². The average Bonchev–Trinajstić information content (AvgIpc) is 3.50. The number of para-hydroxylation sites is 2. The number of carbonyl (C=O) groups is 1. The second-order valence-corrected chi connectivity index (χ2v) is 9.28. The number of imidazole rings is 1. The van der Waals surface area contributed by atoms with E-state index in [2.05, 4.69) is 20.6 Å². The molecule has 9 nitrogen and oxygen atoms in total. The highest BCUT2D eigenvalue weighted by atomic mass is 32.1. The third kappa shape index (κ3) is 4.35. The molecule has 0 spiro atoms. The Morgan fingerprint density at radius 1 is 1.03 bits per heavy atom. The van der Waals surface area contributed by atoms with E-state index in [0.717, 1.165) is 32.9 Å². The maximum Gasteiger partial charge on any atom is 0.255 e. The zero-order valence-corrected chi connectivity index (χ0v) is 19.9. The summed E-state index contributed by atoms with van der Waals surface area (Å²) in [4.78, 5) is 22.6. The van der Waals surface area contributed by atoms with Gasteiger partial charge in [-0.2, -0.15) is 0 Å². The minimum absolute atomic E-state index is 0.0552. The van der Waals surface area contributed by atoms with E-state index in [1.54, 1.807) is 24.3 Å². The lowest BCUT2D eigenvalue weighted by atomic mass is 10.2. The molecule has 1 amide bonds. The molecule has 10 heteroatoms. The Balaban J connectivity index is 1.17. The van der Waals surface area contributed by atoms with Crippen molar-refractivity contribution < 1.29 is 14.3 Å². The summed E-state index contributed by atoms with van der Waals surface area (Å²) < 4.78 is 13.3. The van der Waals surface area contributed by atoms with E-state index < -0.39 is 0 Å². The van der Waals surface area contributed by atoms with Gasteiger partial charge in [0, 0.05) is 17.4 Å². The number of anilines is 4. The molecule has 36 heavy (non-hydrogen) atoms. The lowest BCUT2D eigenvalue weighted by Crippen LogP contribution is -2.39. The van der Waals surface area contributed by atoms with Gasteiger partial charge in [-0.1, -0.05) is 29.5 Å². The molecule has 1 aliphatic rings. The van der Waals surface area contributed by atoms with Crippen LogP contribution in [0.4, 0.5) is 22.2 Å². The van der Waals surface area contributed by atoms with Crippen LogP contribution in [0, 0.1) is 0 Å². The van der Waals surface area contributed by atoms with Crippen LogP contribution >= 0.6 is 11.3 Å². The fourth-order valence-electron chi connectivity index (χ4n) is 3.81. The zero-order chi connectivity index (χ0) is 24.5. The number of hydrogen-bond donors (Lipinski definition) is 3. The predicted molar refractivity (Wildman–Crippen MR) is 140 cm³/mol. The lowest BCUT2D eigenvalue weighted by molar-refractivity contribution is -0.0817. The van der Waals surface area contributed by atoms with Crippen LogP contribution in [0.3, 0.4) is 0 Å². The van der Waals surface area contributed by atoms with Crippen molar-refractivity contribution in [1.29, 1.82) is 0 Å². The molecule has 0 aliphatic carbocycles. The first-order valence-corrected chi connectivity index (χ1v) is 12.2. The summed E-state index contributed by atoms with van der Waals surface area (Å²) in [7, 11) is 0. The number of thiazole rings is 1. The van der Waals surface area contributed by atoms with Crippen LogP contribution in [0.25, 0.3) is 16.2 Å². The van der Waals surface area contributed by atoms with Crippen LogP contribution in [0.2, 0.25) is 0 Å². The second-order valence-electron chi connectivity index (χ2n) is 8.25. The highest BCUT2D eigenvalue weighted by Crippen LogP contribution is 2.33. The molecule has 0 saturated carbocycles. The smallest absolute Gasteiger partial charge is 0.255 e. The Kier molecular flexibility index (Phi) is 5.72. The molecule has 1 aliphatic heterocycles. The second kappa shape index (κ2) is 9.33. The number of ether oxygens (including phenoxy) is 2. The van der Waals surface area contributed by atoms with Crippen molar-refractivity contribution in [1.82, 2.24) is 14.4 Å². The van der Waals surface area contributed by atoms with Gasteiger partial charge >= 0.3 is 0 Å². The minimum Gasteiger partial charge on any atom is -0.470 e. The molecular weight excluding hydrogens is 476 g/mol. The van der Waals surface area contributed by atoms with Gasteiger partial charge in [-0.3, -0.25) is 9.20 Å². The molecule has 4 heterocycles. The van der Waals surface area contributed by atoms with Crippen LogP contribution in [-0.2, 0) is 4.74 Å². The number of nitrogens with zero attached hydrogens (tertiary/aromatic N) is 3. The van der Waals surface area contributed by atoms with Crippen molar-refractivity contribution in [2.24, 2.45) is 0 Å². The number of carbonyl (C=O) groups excluding carboxylic acids is 1. The van der Waals surface area contributed by atoms with E-state index in [0.29, 0.717) is 30.2 Å². The van der Waals surface area contributed by atoms with Gasteiger partial charge in [-0.25, -0.2) is 9.97 Å². The van der Waals surface area contributed by atoms with Gasteiger partial charge in [-0.15, -0.1) is 0 Å². The number of hydrogen-bond acceptors (Lipinski definition) is 8. The molecule has 1 saturated heterocycles. The minimum atomic E-state index is -0.227. The summed E-state index contributed by atoms with van der Waals surface area (Å²) in [5.74, 6) is 0.498. The summed E-state index contributed by atoms with van der Waals surface area (Å²) >= 11 is 1.51. The molecule has 0 unspecified atom stereocenters. The van der Waals surface area contributed by atoms with Crippen LogP contribution in [0.1, 0.15) is 10.4 Å². The maximum atomic E-state index is 12.6. The first kappa shape index (κ1) is 22.1. The van der Waals surface area contributed by atoms with Gasteiger partial charge in [0.2, 0.25) is 0 Å². The van der Waals surface area contributed by atoms with Crippen LogP contribution < -0.4 is 21.1 Å². The largest absolute Gasteiger partial charge is 0.470 e. The van der Waals surface area contributed by atoms with Crippen LogP contribution in [0.15, 0.2) is 79.1 Å². The van der Waals surface area contributed by atoms with Gasteiger partial charge in [0.05, 0.1) is 41.4 Å². The quantitative estimate of drug-likeness (QED) is 0.276. The number of nitrogens with one attached hydrogen (secondary N) is 2. The van der Waals surface area contributed by atoms with Crippen molar-refractivity contribution in [3.63, 3.8) is 0 Å². The Hall–Kier alpha value is -4.41. The Morgan fingerprint density at radius 3 is 2.64 bits per heavy atom. The van der Waals surface area contributed by atoms with Crippen molar-refractivity contribution in [2.45, 2.75) is 6.10 Å². The molecule has 1 fully saturated rings. The first-order chi connectivity index (χ1) is 17.6. The Labute approximate surface area is 210 Å². The van der Waals surface area contributed by atoms with Gasteiger partial charge in [0.25, 0.3) is 5.91 Å². The number of amides is 1. The zero-order valence-electron chi connectivity index (χ0n) is 19.0. The average molecular weight is 499 g/mol. The predicted octanol–water partition coefficient (Wildman–Crippen LogP) is 4.81. The summed E-state index contributed by atoms with van der Waals surface area (Å²) in [6, 6.07) is 20.1. The third-order valence-corrected chi connectivity index (χ3v) is 6.69. The molecule has 6 rings (SSSR count). The highest BCUT2D eigenvalue weighted by molar-refractivity contribution is 7.18. The standard InChI is InChI=1S/C26H22N6O3S/c27-19-4-1-2-5-20(19)31-25(33)16-8-10-17(11-9-16)30-26-29-13-22(36-26)21-12-28-23-6-3-7-24(32(21)23)35-18-14-34-15-18/h1-13,18H,14-15,27H2,(H,29,30)(H,31,33). The first-order valence-electron chi connectivity index (χ1n) is 11.3. The Bertz CT molecular complexity index is 1540. The number of aromatic nitrogens is 3. The van der Waals surface area contributed by atoms with Gasteiger partial charge < -0.3 is 25.8 Å². The number of nitrogen functional groups attached to an aromatic ring is 1. The van der Waals surface area contributed by atoms with Gasteiger partial charge in [0.15, 0.2) is 11.0 Å². The molecular formula is C26H22N6O3S. The summed E-state index contributed by atoms with van der Waals surface area (Å²) in [5.41, 5.74) is 10.1. The Morgan fingerprint density at radius 2 is 1.86 bits per heavy atom. The lowest BCUT2D eigenvalue weighted by Gasteiger charge is -2.27. The normalized spacial score (nSPS) is 13.3. The van der Waals surface area contributed by atoms with E-state index in [1.807, 2.05) is 59.3 Å². The maximum absolute atomic E-state index is 12.6. The topological polar surface area (TPSA) is 116 Å². The van der Waals surface area contributed by atoms with E-state index in [-0.39, 0.29) is 12.0 Å². The third-order valence-electron chi connectivity index (χ3n) is 5.75. The van der Waals surface area contributed by atoms with Gasteiger partial charge in [0.1, 0.15) is 11.8 Å². The van der Waals surface area contributed by atoms with Crippen molar-refractivity contribution in [2.75, 3.05) is 29.6 Å². The molecule has 0 bridgehead atoms. The highest BCUT2D eigenvalue weighted by Gasteiger charge is 2.22. The van der Waals surface area contributed by atoms with Gasteiger partial charge in [-0.05, 0) is 48.5 Å². The number of nitrogens with two attached hydrogens (primary N) is 1. The van der Waals surface area contributed by atoms with Crippen molar-refractivity contribution in [3.05, 3.63) is 84.7 Å². The SMILES string of the molecule is Nc1ccccc1NC(=O)c1ccc(Nc2ncc(-c3cnc4cccc(OC5COC5)n34)s2)cc1. The number of fused-ring (bicyclic) bond motifs is 1. The fourth-order valence-corrected chi connectivity index (χ4v) is 4.65. The van der Waals surface area contributed by atoms with Crippen LogP contribution in [-0.4, -0.2) is 39.6 Å². The number of benzene rings is 2. The molecule has 0 radical (unpaired) electrons. The molecule has 0 atom stereocenters. The molecule has 180 valence electrons. The van der Waals surface area contributed by atoms with Crippen molar-refractivity contribution in [3.8, 4) is 16.5 Å². The molecule has 3 aromatic heterocycles. The van der Waals surface area contributed by atoms with E-state index >= 15 is 0 Å². The summed E-state index contributed by atoms with van der Waals surface area (Å²) in [6.07, 6.45) is 3.69. The molecule has 4 N–H and O–H groups in total. The molecule has 5 aromatic rings. The van der Waals surface area contributed by atoms with E-state index in [4.69, 9.17) is 15.2 Å². The van der Waals surface area contributed by atoms with E-state index in [9.17, 15) is 4.79 Å². The summed E-state index contributed by atoms with van der Waals surface area (Å²) in [6.45, 7) is 1.19. The molecule has 2 aromatic carbocycles. The number of rotatable bonds is 7. The number of pyridine rings is 1. The summed E-state index contributed by atoms with van der Waals surface area (Å²) in [5, 5.41) is 6.86. The monoisotopic (exact) mass is 498 g/mol. The van der Waals surface area contributed by atoms with Crippen LogP contribution in [0.5, 0.6) is 5.88 Å². The van der Waals surface area contributed by atoms with Crippen molar-refractivity contribution >= 4 is 45.1 Å².